The molecule has 1 N–H and O–H groups in total. The first-order valence-electron chi connectivity index (χ1n) is 7.96. The molecular weight excluding hydrogens is 334 g/mol. The minimum atomic E-state index is -0.365. The summed E-state index contributed by atoms with van der Waals surface area (Å²) in [5.74, 6) is -0.113. The van der Waals surface area contributed by atoms with Gasteiger partial charge in [0, 0.05) is 13.6 Å². The molecule has 0 aliphatic carbocycles. The van der Waals surface area contributed by atoms with E-state index in [9.17, 15) is 9.59 Å². The maximum absolute atomic E-state index is 12.7. The van der Waals surface area contributed by atoms with E-state index >= 15 is 0 Å². The maximum Gasteiger partial charge on any atom is 0.261 e. The minimum Gasteiger partial charge on any atom is -0.352 e. The van der Waals surface area contributed by atoms with E-state index in [0.29, 0.717) is 22.6 Å². The number of amides is 1. The molecule has 0 saturated heterocycles. The number of benzene rings is 2. The number of hydrogen-bond acceptors (Lipinski definition) is 4. The molecule has 128 valence electrons. The van der Waals surface area contributed by atoms with E-state index in [2.05, 4.69) is 16.9 Å². The first-order chi connectivity index (χ1) is 12.0. The lowest BCUT2D eigenvalue weighted by atomic mass is 10.1. The van der Waals surface area contributed by atoms with E-state index in [-0.39, 0.29) is 16.7 Å². The predicted molar refractivity (Wildman–Crippen MR) is 103 cm³/mol. The van der Waals surface area contributed by atoms with Crippen molar-refractivity contribution in [3.05, 3.63) is 59.4 Å². The summed E-state index contributed by atoms with van der Waals surface area (Å²) in [5.41, 5.74) is 0.528. The summed E-state index contributed by atoms with van der Waals surface area (Å²) in [6.45, 7) is 5.79. The molecular formula is C19H19N3O2S. The van der Waals surface area contributed by atoms with Gasteiger partial charge in [-0.2, -0.15) is 0 Å². The average molecular weight is 353 g/mol. The second kappa shape index (κ2) is 7.11. The lowest BCUT2D eigenvalue weighted by Crippen LogP contribution is -2.31. The van der Waals surface area contributed by atoms with Gasteiger partial charge in [-0.1, -0.05) is 42.1 Å². The molecule has 1 heterocycles. The summed E-state index contributed by atoms with van der Waals surface area (Å²) in [6, 6.07) is 11.7. The zero-order valence-corrected chi connectivity index (χ0v) is 15.0. The molecule has 2 aromatic carbocycles. The molecule has 0 aliphatic heterocycles. The fraction of sp³-hybridized carbons (Fsp3) is 0.211. The molecule has 0 spiro atoms. The third-order valence-electron chi connectivity index (χ3n) is 3.97. The van der Waals surface area contributed by atoms with Gasteiger partial charge in [-0.3, -0.25) is 14.2 Å². The standard InChI is InChI=1S/C19H19N3O2S/c1-4-9-20-17(23)12(2)25-19-21-16-11-14-8-6-5-7-13(14)10-15(16)18(24)22(19)3/h4-8,10-12H,1,9H2,2-3H3,(H,20,23). The Morgan fingerprint density at radius 2 is 2.04 bits per heavy atom. The maximum atomic E-state index is 12.7. The second-order valence-corrected chi connectivity index (χ2v) is 7.08. The molecule has 3 aromatic rings. The highest BCUT2D eigenvalue weighted by Crippen LogP contribution is 2.24. The first kappa shape index (κ1) is 17.2. The van der Waals surface area contributed by atoms with Crippen molar-refractivity contribution in [1.29, 1.82) is 0 Å². The monoisotopic (exact) mass is 353 g/mol. The van der Waals surface area contributed by atoms with Crippen LogP contribution >= 0.6 is 11.8 Å². The van der Waals surface area contributed by atoms with Gasteiger partial charge in [0.2, 0.25) is 5.91 Å². The number of carbonyl (C=O) groups is 1. The summed E-state index contributed by atoms with van der Waals surface area (Å²) in [5, 5.41) is 5.53. The predicted octanol–water partition coefficient (Wildman–Crippen LogP) is 2.87. The molecule has 0 saturated carbocycles. The molecule has 3 rings (SSSR count). The zero-order valence-electron chi connectivity index (χ0n) is 14.2. The summed E-state index contributed by atoms with van der Waals surface area (Å²) in [4.78, 5) is 29.4. The van der Waals surface area contributed by atoms with Gasteiger partial charge in [0.1, 0.15) is 0 Å². The molecule has 1 amide bonds. The first-order valence-corrected chi connectivity index (χ1v) is 8.84. The van der Waals surface area contributed by atoms with Crippen LogP contribution in [0.1, 0.15) is 6.92 Å². The van der Waals surface area contributed by atoms with E-state index < -0.39 is 0 Å². The van der Waals surface area contributed by atoms with Crippen LogP contribution in [0.25, 0.3) is 21.7 Å². The van der Waals surface area contributed by atoms with Gasteiger partial charge in [-0.25, -0.2) is 4.98 Å². The number of nitrogens with one attached hydrogen (secondary N) is 1. The van der Waals surface area contributed by atoms with Crippen molar-refractivity contribution in [3.8, 4) is 0 Å². The van der Waals surface area contributed by atoms with Crippen LogP contribution < -0.4 is 10.9 Å². The highest BCUT2D eigenvalue weighted by molar-refractivity contribution is 8.00. The van der Waals surface area contributed by atoms with Crippen molar-refractivity contribution < 1.29 is 4.79 Å². The van der Waals surface area contributed by atoms with Gasteiger partial charge >= 0.3 is 0 Å². The Hall–Kier alpha value is -2.60. The molecule has 0 radical (unpaired) electrons. The van der Waals surface area contributed by atoms with Gasteiger partial charge in [0.15, 0.2) is 5.16 Å². The van der Waals surface area contributed by atoms with Gasteiger partial charge in [-0.05, 0) is 29.8 Å². The van der Waals surface area contributed by atoms with Gasteiger partial charge in [0.05, 0.1) is 16.2 Å². The van der Waals surface area contributed by atoms with Crippen LogP contribution in [0.4, 0.5) is 0 Å². The Morgan fingerprint density at radius 3 is 2.72 bits per heavy atom. The largest absolute Gasteiger partial charge is 0.352 e. The molecule has 5 nitrogen and oxygen atoms in total. The van der Waals surface area contributed by atoms with Crippen LogP contribution in [0, 0.1) is 0 Å². The molecule has 1 unspecified atom stereocenters. The summed E-state index contributed by atoms with van der Waals surface area (Å²) in [6.07, 6.45) is 1.63. The van der Waals surface area contributed by atoms with E-state index in [4.69, 9.17) is 0 Å². The Morgan fingerprint density at radius 1 is 1.36 bits per heavy atom. The number of hydrogen-bond donors (Lipinski definition) is 1. The smallest absolute Gasteiger partial charge is 0.261 e. The van der Waals surface area contributed by atoms with Crippen LogP contribution in [0.3, 0.4) is 0 Å². The number of rotatable bonds is 5. The van der Waals surface area contributed by atoms with Crippen molar-refractivity contribution in [2.45, 2.75) is 17.3 Å². The van der Waals surface area contributed by atoms with Crippen molar-refractivity contribution in [1.82, 2.24) is 14.9 Å². The lowest BCUT2D eigenvalue weighted by Gasteiger charge is -2.13. The topological polar surface area (TPSA) is 64.0 Å². The Labute approximate surface area is 149 Å². The molecule has 1 atom stereocenters. The highest BCUT2D eigenvalue weighted by atomic mass is 32.2. The van der Waals surface area contributed by atoms with Gasteiger partial charge in [-0.15, -0.1) is 6.58 Å². The van der Waals surface area contributed by atoms with Crippen LogP contribution in [-0.2, 0) is 11.8 Å². The van der Waals surface area contributed by atoms with Gasteiger partial charge in [0.25, 0.3) is 5.56 Å². The number of fused-ring (bicyclic) bond motifs is 2. The zero-order chi connectivity index (χ0) is 18.0. The van der Waals surface area contributed by atoms with Crippen molar-refractivity contribution in [2.24, 2.45) is 7.05 Å². The third kappa shape index (κ3) is 3.44. The minimum absolute atomic E-state index is 0.113. The van der Waals surface area contributed by atoms with E-state index in [1.54, 1.807) is 20.0 Å². The Kier molecular flexibility index (Phi) is 4.90. The van der Waals surface area contributed by atoms with Gasteiger partial charge < -0.3 is 5.32 Å². The Balaban J connectivity index is 2.03. The fourth-order valence-corrected chi connectivity index (χ4v) is 3.47. The fourth-order valence-electron chi connectivity index (χ4n) is 2.57. The average Bonchev–Trinajstić information content (AvgIpc) is 2.62. The molecule has 0 aliphatic rings. The van der Waals surface area contributed by atoms with E-state index in [1.807, 2.05) is 36.4 Å². The Bertz CT molecular complexity index is 1030. The molecule has 0 fully saturated rings. The summed E-state index contributed by atoms with van der Waals surface area (Å²) < 4.78 is 1.50. The van der Waals surface area contributed by atoms with Crippen molar-refractivity contribution in [2.75, 3.05) is 6.54 Å². The normalized spacial score (nSPS) is 12.2. The van der Waals surface area contributed by atoms with Crippen molar-refractivity contribution in [3.63, 3.8) is 0 Å². The molecule has 1 aromatic heterocycles. The molecule has 0 bridgehead atoms. The van der Waals surface area contributed by atoms with Crippen LogP contribution in [0.15, 0.2) is 59.0 Å². The lowest BCUT2D eigenvalue weighted by molar-refractivity contribution is -0.120. The number of nitrogens with zero attached hydrogens (tertiary/aromatic N) is 2. The number of thioether (sulfide) groups is 1. The highest BCUT2D eigenvalue weighted by Gasteiger charge is 2.18. The van der Waals surface area contributed by atoms with Crippen LogP contribution in [0.2, 0.25) is 0 Å². The third-order valence-corrected chi connectivity index (χ3v) is 5.12. The van der Waals surface area contributed by atoms with E-state index in [0.717, 1.165) is 10.8 Å². The molecule has 6 heteroatoms. The number of carbonyl (C=O) groups excluding carboxylic acids is 1. The van der Waals surface area contributed by atoms with E-state index in [1.165, 1.54) is 16.3 Å². The summed E-state index contributed by atoms with van der Waals surface area (Å²) >= 11 is 1.27. The second-order valence-electron chi connectivity index (χ2n) is 5.77. The van der Waals surface area contributed by atoms with Crippen molar-refractivity contribution >= 4 is 39.3 Å². The summed E-state index contributed by atoms with van der Waals surface area (Å²) in [7, 11) is 1.68. The SMILES string of the molecule is C=CCNC(=O)C(C)Sc1nc2cc3ccccc3cc2c(=O)n1C. The van der Waals surface area contributed by atoms with Crippen LogP contribution in [-0.4, -0.2) is 27.3 Å². The quantitative estimate of drug-likeness (QED) is 0.332. The molecule has 25 heavy (non-hydrogen) atoms. The van der Waals surface area contributed by atoms with Crippen LogP contribution in [0.5, 0.6) is 0 Å². The number of aromatic nitrogens is 2.